The molecule has 1 unspecified atom stereocenters. The number of hydrogen-bond donors (Lipinski definition) is 1. The van der Waals surface area contributed by atoms with Crippen LogP contribution in [0.4, 0.5) is 0 Å². The lowest BCUT2D eigenvalue weighted by Gasteiger charge is -2.46. The molecular formula is C26H30N2O4. The lowest BCUT2D eigenvalue weighted by atomic mass is 9.71. The van der Waals surface area contributed by atoms with E-state index in [1.807, 2.05) is 11.8 Å². The maximum atomic E-state index is 13.9. The number of rotatable bonds is 1. The van der Waals surface area contributed by atoms with Gasteiger partial charge in [-0.2, -0.15) is 0 Å². The first-order valence-electron chi connectivity index (χ1n) is 12.0. The van der Waals surface area contributed by atoms with Gasteiger partial charge in [-0.15, -0.1) is 0 Å². The Balaban J connectivity index is 1.44. The summed E-state index contributed by atoms with van der Waals surface area (Å²) in [6.45, 7) is 5.86. The van der Waals surface area contributed by atoms with E-state index in [1.165, 1.54) is 24.0 Å². The normalized spacial score (nSPS) is 23.2. The van der Waals surface area contributed by atoms with Crippen LogP contribution in [0.25, 0.3) is 0 Å². The standard InChI is InChI=1S/C26H30N2O4/c1-15-23-19(6-5-7-20(23)29)27-24(15)25(30)28-14-26(8-3-4-9-26)18-13-22-21(31-10-11-32-22)12-17(18)16(28)2/h12-13,16,27H,3-11,14H2,1-2H3. The quantitative estimate of drug-likeness (QED) is 0.710. The van der Waals surface area contributed by atoms with Gasteiger partial charge in [0.05, 0.1) is 6.04 Å². The van der Waals surface area contributed by atoms with Crippen molar-refractivity contribution in [1.82, 2.24) is 9.88 Å². The molecule has 1 aromatic carbocycles. The summed E-state index contributed by atoms with van der Waals surface area (Å²) >= 11 is 0. The minimum Gasteiger partial charge on any atom is -0.486 e. The molecule has 6 heteroatoms. The number of nitrogens with zero attached hydrogens (tertiary/aromatic N) is 1. The molecule has 6 nitrogen and oxygen atoms in total. The van der Waals surface area contributed by atoms with E-state index in [-0.39, 0.29) is 23.1 Å². The summed E-state index contributed by atoms with van der Waals surface area (Å²) in [5.41, 5.74) is 5.54. The number of ketones is 1. The number of benzene rings is 1. The highest BCUT2D eigenvalue weighted by molar-refractivity contribution is 6.04. The molecule has 4 aliphatic rings. The molecule has 2 aliphatic carbocycles. The summed E-state index contributed by atoms with van der Waals surface area (Å²) in [4.78, 5) is 31.8. The average molecular weight is 435 g/mol. The van der Waals surface area contributed by atoms with Gasteiger partial charge < -0.3 is 19.4 Å². The maximum Gasteiger partial charge on any atom is 0.271 e. The largest absolute Gasteiger partial charge is 0.486 e. The Morgan fingerprint density at radius 3 is 2.53 bits per heavy atom. The van der Waals surface area contributed by atoms with Crippen molar-refractivity contribution < 1.29 is 19.1 Å². The van der Waals surface area contributed by atoms with Crippen molar-refractivity contribution in [1.29, 1.82) is 0 Å². The molecule has 32 heavy (non-hydrogen) atoms. The Bertz CT molecular complexity index is 1130. The Hall–Kier alpha value is -2.76. The van der Waals surface area contributed by atoms with Crippen molar-refractivity contribution in [3.8, 4) is 11.5 Å². The van der Waals surface area contributed by atoms with Crippen LogP contribution in [-0.2, 0) is 11.8 Å². The molecule has 0 saturated heterocycles. The van der Waals surface area contributed by atoms with Gasteiger partial charge in [-0.05, 0) is 68.4 Å². The molecule has 1 fully saturated rings. The number of aromatic amines is 1. The fourth-order valence-electron chi connectivity index (χ4n) is 6.48. The summed E-state index contributed by atoms with van der Waals surface area (Å²) in [5, 5.41) is 0. The van der Waals surface area contributed by atoms with Crippen LogP contribution in [0.3, 0.4) is 0 Å². The highest BCUT2D eigenvalue weighted by Gasteiger charge is 2.47. The molecule has 0 bridgehead atoms. The number of carbonyl (C=O) groups excluding carboxylic acids is 2. The summed E-state index contributed by atoms with van der Waals surface area (Å²) < 4.78 is 11.8. The molecule has 6 rings (SSSR count). The van der Waals surface area contributed by atoms with Crippen molar-refractivity contribution in [2.75, 3.05) is 19.8 Å². The van der Waals surface area contributed by atoms with E-state index in [4.69, 9.17) is 9.47 Å². The molecule has 2 aliphatic heterocycles. The predicted octanol–water partition coefficient (Wildman–Crippen LogP) is 4.64. The number of aryl methyl sites for hydroxylation is 1. The third-order valence-electron chi connectivity index (χ3n) is 8.15. The lowest BCUT2D eigenvalue weighted by Crippen LogP contribution is -2.49. The zero-order valence-electron chi connectivity index (χ0n) is 18.9. The second-order valence-corrected chi connectivity index (χ2v) is 9.93. The van der Waals surface area contributed by atoms with Crippen molar-refractivity contribution in [2.45, 2.75) is 70.3 Å². The van der Waals surface area contributed by atoms with Crippen LogP contribution in [0.15, 0.2) is 12.1 Å². The van der Waals surface area contributed by atoms with Gasteiger partial charge in [0.2, 0.25) is 0 Å². The molecule has 168 valence electrons. The van der Waals surface area contributed by atoms with Crippen LogP contribution in [0.2, 0.25) is 0 Å². The number of nitrogens with one attached hydrogen (secondary N) is 1. The van der Waals surface area contributed by atoms with Crippen molar-refractivity contribution in [3.05, 3.63) is 45.8 Å². The number of Topliss-reactive ketones (excluding diaryl/α,β-unsaturated/α-hetero) is 1. The number of amides is 1. The van der Waals surface area contributed by atoms with E-state index in [0.29, 0.717) is 31.9 Å². The zero-order chi connectivity index (χ0) is 22.0. The van der Waals surface area contributed by atoms with Gasteiger partial charge in [0.15, 0.2) is 17.3 Å². The fourth-order valence-corrected chi connectivity index (χ4v) is 6.48. The molecule has 1 atom stereocenters. The molecule has 3 heterocycles. The van der Waals surface area contributed by atoms with E-state index in [1.54, 1.807) is 0 Å². The highest BCUT2D eigenvalue weighted by Crippen LogP contribution is 2.52. The van der Waals surface area contributed by atoms with Crippen LogP contribution in [-0.4, -0.2) is 41.3 Å². The van der Waals surface area contributed by atoms with Crippen molar-refractivity contribution in [2.24, 2.45) is 0 Å². The van der Waals surface area contributed by atoms with Gasteiger partial charge in [-0.25, -0.2) is 0 Å². The average Bonchev–Trinajstić information content (AvgIpc) is 3.41. The number of hydrogen-bond acceptors (Lipinski definition) is 4. The van der Waals surface area contributed by atoms with Crippen molar-refractivity contribution in [3.63, 3.8) is 0 Å². The number of carbonyl (C=O) groups is 2. The van der Waals surface area contributed by atoms with E-state index in [0.717, 1.165) is 54.0 Å². The van der Waals surface area contributed by atoms with Crippen LogP contribution in [0, 0.1) is 6.92 Å². The molecule has 1 aromatic heterocycles. The Kier molecular flexibility index (Phi) is 4.43. The fraction of sp³-hybridized carbons (Fsp3) is 0.538. The van der Waals surface area contributed by atoms with Gasteiger partial charge >= 0.3 is 0 Å². The second-order valence-electron chi connectivity index (χ2n) is 9.93. The van der Waals surface area contributed by atoms with Crippen LogP contribution < -0.4 is 9.47 Å². The summed E-state index contributed by atoms with van der Waals surface area (Å²) in [5.74, 6) is 1.78. The number of fused-ring (bicyclic) bond motifs is 4. The molecular weight excluding hydrogens is 404 g/mol. The van der Waals surface area contributed by atoms with Crippen LogP contribution >= 0.6 is 0 Å². The van der Waals surface area contributed by atoms with Gasteiger partial charge in [0, 0.05) is 29.6 Å². The number of ether oxygens (including phenoxy) is 2. The topological polar surface area (TPSA) is 71.6 Å². The SMILES string of the molecule is Cc1c(C(=O)N2CC3(CCCC3)c3cc4c(cc3C2C)OCCO4)[nH]c2c1C(=O)CCC2. The molecule has 1 spiro atoms. The second kappa shape index (κ2) is 7.12. The number of aromatic nitrogens is 1. The minimum absolute atomic E-state index is 0.00372. The third kappa shape index (κ3) is 2.77. The number of H-pyrrole nitrogens is 1. The molecule has 2 aromatic rings. The van der Waals surface area contributed by atoms with Gasteiger partial charge in [-0.3, -0.25) is 9.59 Å². The first kappa shape index (κ1) is 19.9. The summed E-state index contributed by atoms with van der Waals surface area (Å²) in [7, 11) is 0. The van der Waals surface area contributed by atoms with E-state index in [2.05, 4.69) is 24.0 Å². The molecule has 1 saturated carbocycles. The zero-order valence-corrected chi connectivity index (χ0v) is 18.9. The first-order valence-corrected chi connectivity index (χ1v) is 12.0. The predicted molar refractivity (Wildman–Crippen MR) is 120 cm³/mol. The Labute approximate surface area is 188 Å². The monoisotopic (exact) mass is 434 g/mol. The van der Waals surface area contributed by atoms with Crippen molar-refractivity contribution >= 4 is 11.7 Å². The molecule has 1 N–H and O–H groups in total. The van der Waals surface area contributed by atoms with Gasteiger partial charge in [-0.1, -0.05) is 12.8 Å². The van der Waals surface area contributed by atoms with E-state index < -0.39 is 0 Å². The Morgan fingerprint density at radius 2 is 1.81 bits per heavy atom. The third-order valence-corrected chi connectivity index (χ3v) is 8.15. The summed E-state index contributed by atoms with van der Waals surface area (Å²) in [6, 6.07) is 4.21. The Morgan fingerprint density at radius 1 is 1.09 bits per heavy atom. The van der Waals surface area contributed by atoms with E-state index >= 15 is 0 Å². The smallest absolute Gasteiger partial charge is 0.271 e. The van der Waals surface area contributed by atoms with Crippen LogP contribution in [0.1, 0.15) is 94.7 Å². The minimum atomic E-state index is -0.0741. The maximum absolute atomic E-state index is 13.9. The van der Waals surface area contributed by atoms with Gasteiger partial charge in [0.25, 0.3) is 5.91 Å². The van der Waals surface area contributed by atoms with Crippen LogP contribution in [0.5, 0.6) is 11.5 Å². The molecule has 1 amide bonds. The van der Waals surface area contributed by atoms with E-state index in [9.17, 15) is 9.59 Å². The van der Waals surface area contributed by atoms with Gasteiger partial charge in [0.1, 0.15) is 18.9 Å². The summed E-state index contributed by atoms with van der Waals surface area (Å²) in [6.07, 6.45) is 6.76. The first-order chi connectivity index (χ1) is 15.5. The lowest BCUT2D eigenvalue weighted by molar-refractivity contribution is 0.0587. The molecule has 0 radical (unpaired) electrons. The highest BCUT2D eigenvalue weighted by atomic mass is 16.6.